The monoisotopic (exact) mass is 261 g/mol. The third-order valence-corrected chi connectivity index (χ3v) is 2.98. The van der Waals surface area contributed by atoms with Gasteiger partial charge < -0.3 is 10.1 Å². The van der Waals surface area contributed by atoms with E-state index in [-0.39, 0.29) is 5.91 Å². The summed E-state index contributed by atoms with van der Waals surface area (Å²) in [5.41, 5.74) is 4.81. The molecule has 0 fully saturated rings. The average Bonchev–Trinajstić information content (AvgIpc) is 2.26. The number of nitrogens with one attached hydrogen (secondary N) is 1. The molecule has 0 aliphatic rings. The van der Waals surface area contributed by atoms with E-state index in [9.17, 15) is 4.79 Å². The zero-order chi connectivity index (χ0) is 13.8. The molecular formula is C14H19NO2Si. The molecule has 0 spiro atoms. The molecule has 0 heterocycles. The van der Waals surface area contributed by atoms with E-state index in [1.54, 1.807) is 7.11 Å². The van der Waals surface area contributed by atoms with Gasteiger partial charge in [-0.3, -0.25) is 4.79 Å². The first-order valence-corrected chi connectivity index (χ1v) is 9.30. The van der Waals surface area contributed by atoms with E-state index in [0.717, 1.165) is 17.0 Å². The van der Waals surface area contributed by atoms with E-state index < -0.39 is 8.07 Å². The number of benzene rings is 1. The highest BCUT2D eigenvalue weighted by Crippen LogP contribution is 2.21. The lowest BCUT2D eigenvalue weighted by Crippen LogP contribution is -2.16. The molecule has 0 aliphatic heterocycles. The molecule has 18 heavy (non-hydrogen) atoms. The Hall–Kier alpha value is -1.73. The molecule has 0 saturated heterocycles. The Morgan fingerprint density at radius 1 is 1.33 bits per heavy atom. The highest BCUT2D eigenvalue weighted by molar-refractivity contribution is 6.83. The Bertz CT molecular complexity index is 507. The Balaban J connectivity index is 3.18. The van der Waals surface area contributed by atoms with Crippen LogP contribution in [0.4, 0.5) is 5.69 Å². The third-order valence-electron chi connectivity index (χ3n) is 2.11. The molecule has 1 aromatic carbocycles. The normalized spacial score (nSPS) is 10.3. The number of carbonyl (C=O) groups is 1. The minimum Gasteiger partial charge on any atom is -0.497 e. The fourth-order valence-corrected chi connectivity index (χ4v) is 1.82. The summed E-state index contributed by atoms with van der Waals surface area (Å²) in [5, 5.41) is 2.78. The number of rotatable bonds is 2. The Kier molecular flexibility index (Phi) is 4.57. The van der Waals surface area contributed by atoms with Crippen LogP contribution in [0.3, 0.4) is 0 Å². The van der Waals surface area contributed by atoms with Crippen molar-refractivity contribution in [3.63, 3.8) is 0 Å². The Labute approximate surface area is 110 Å². The number of ether oxygens (including phenoxy) is 1. The van der Waals surface area contributed by atoms with Crippen molar-refractivity contribution in [3.05, 3.63) is 23.8 Å². The molecule has 0 aromatic heterocycles. The zero-order valence-corrected chi connectivity index (χ0v) is 12.5. The molecule has 0 saturated carbocycles. The summed E-state index contributed by atoms with van der Waals surface area (Å²) in [6, 6.07) is 5.47. The van der Waals surface area contributed by atoms with E-state index in [2.05, 4.69) is 36.4 Å². The van der Waals surface area contributed by atoms with Crippen LogP contribution >= 0.6 is 0 Å². The largest absolute Gasteiger partial charge is 0.497 e. The molecule has 3 nitrogen and oxygen atoms in total. The molecular weight excluding hydrogens is 242 g/mol. The molecule has 1 N–H and O–H groups in total. The summed E-state index contributed by atoms with van der Waals surface area (Å²) in [6.45, 7) is 8.02. The number of anilines is 1. The molecule has 4 heteroatoms. The van der Waals surface area contributed by atoms with Crippen LogP contribution in [0, 0.1) is 11.5 Å². The number of hydrogen-bond acceptors (Lipinski definition) is 2. The van der Waals surface area contributed by atoms with Gasteiger partial charge in [0.2, 0.25) is 5.91 Å². The topological polar surface area (TPSA) is 38.3 Å². The fraction of sp³-hybridized carbons (Fsp3) is 0.357. The summed E-state index contributed by atoms with van der Waals surface area (Å²) in [7, 11) is 0.169. The Morgan fingerprint density at radius 2 is 2.00 bits per heavy atom. The van der Waals surface area contributed by atoms with Crippen molar-refractivity contribution in [3.8, 4) is 17.2 Å². The van der Waals surface area contributed by atoms with Crippen molar-refractivity contribution in [1.82, 2.24) is 0 Å². The molecule has 0 aliphatic carbocycles. The third kappa shape index (κ3) is 4.64. The van der Waals surface area contributed by atoms with Crippen LogP contribution in [-0.4, -0.2) is 21.1 Å². The standard InChI is InChI=1S/C14H19NO2Si/c1-11(16)15-14-7-6-13(17-2)10-12(14)8-9-18(3,4)5/h6-7,10H,1-5H3,(H,15,16). The summed E-state index contributed by atoms with van der Waals surface area (Å²) in [6.07, 6.45) is 0. The summed E-state index contributed by atoms with van der Waals surface area (Å²) in [5.74, 6) is 3.79. The van der Waals surface area contributed by atoms with Crippen LogP contribution in [0.25, 0.3) is 0 Å². The predicted octanol–water partition coefficient (Wildman–Crippen LogP) is 2.88. The lowest BCUT2D eigenvalue weighted by molar-refractivity contribution is -0.114. The second-order valence-corrected chi connectivity index (χ2v) is 9.84. The SMILES string of the molecule is COc1ccc(NC(C)=O)c(C#C[Si](C)(C)C)c1. The van der Waals surface area contributed by atoms with Gasteiger partial charge in [0.05, 0.1) is 18.4 Å². The van der Waals surface area contributed by atoms with Crippen molar-refractivity contribution in [2.24, 2.45) is 0 Å². The van der Waals surface area contributed by atoms with E-state index in [1.807, 2.05) is 18.2 Å². The van der Waals surface area contributed by atoms with Crippen LogP contribution in [0.1, 0.15) is 12.5 Å². The lowest BCUT2D eigenvalue weighted by atomic mass is 10.1. The maximum Gasteiger partial charge on any atom is 0.221 e. The van der Waals surface area contributed by atoms with Crippen molar-refractivity contribution in [2.45, 2.75) is 26.6 Å². The molecule has 1 rings (SSSR count). The number of amides is 1. The lowest BCUT2D eigenvalue weighted by Gasteiger charge is -2.09. The van der Waals surface area contributed by atoms with Gasteiger partial charge in [0.25, 0.3) is 0 Å². The fourth-order valence-electron chi connectivity index (χ4n) is 1.31. The highest BCUT2D eigenvalue weighted by Gasteiger charge is 2.09. The van der Waals surface area contributed by atoms with Gasteiger partial charge in [0.1, 0.15) is 13.8 Å². The zero-order valence-electron chi connectivity index (χ0n) is 11.5. The minimum atomic E-state index is -1.45. The van der Waals surface area contributed by atoms with E-state index >= 15 is 0 Å². The number of hydrogen-bond donors (Lipinski definition) is 1. The summed E-state index contributed by atoms with van der Waals surface area (Å²) >= 11 is 0. The van der Waals surface area contributed by atoms with E-state index in [1.165, 1.54) is 6.92 Å². The van der Waals surface area contributed by atoms with Gasteiger partial charge in [0.15, 0.2) is 0 Å². The summed E-state index contributed by atoms with van der Waals surface area (Å²) < 4.78 is 5.18. The van der Waals surface area contributed by atoms with Crippen LogP contribution in [0.5, 0.6) is 5.75 Å². The quantitative estimate of drug-likeness (QED) is 0.656. The molecule has 1 amide bonds. The minimum absolute atomic E-state index is 0.101. The second-order valence-electron chi connectivity index (χ2n) is 5.09. The van der Waals surface area contributed by atoms with E-state index in [0.29, 0.717) is 0 Å². The van der Waals surface area contributed by atoms with Crippen LogP contribution in [0.2, 0.25) is 19.6 Å². The molecule has 96 valence electrons. The van der Waals surface area contributed by atoms with Gasteiger partial charge in [-0.15, -0.1) is 5.54 Å². The second kappa shape index (κ2) is 5.74. The predicted molar refractivity (Wildman–Crippen MR) is 77.5 cm³/mol. The molecule has 0 radical (unpaired) electrons. The smallest absolute Gasteiger partial charge is 0.221 e. The van der Waals surface area contributed by atoms with Crippen molar-refractivity contribution in [2.75, 3.05) is 12.4 Å². The van der Waals surface area contributed by atoms with Crippen molar-refractivity contribution >= 4 is 19.7 Å². The first-order valence-electron chi connectivity index (χ1n) is 5.80. The molecule has 0 unspecified atom stereocenters. The number of carbonyl (C=O) groups excluding carboxylic acids is 1. The van der Waals surface area contributed by atoms with Gasteiger partial charge in [-0.1, -0.05) is 25.6 Å². The van der Waals surface area contributed by atoms with Crippen LogP contribution < -0.4 is 10.1 Å². The van der Waals surface area contributed by atoms with Gasteiger partial charge in [-0.25, -0.2) is 0 Å². The van der Waals surface area contributed by atoms with Gasteiger partial charge in [0, 0.05) is 6.92 Å². The Morgan fingerprint density at radius 3 is 2.50 bits per heavy atom. The first-order chi connectivity index (χ1) is 8.31. The van der Waals surface area contributed by atoms with Gasteiger partial charge >= 0.3 is 0 Å². The van der Waals surface area contributed by atoms with Crippen LogP contribution in [-0.2, 0) is 4.79 Å². The van der Waals surface area contributed by atoms with Gasteiger partial charge in [-0.05, 0) is 18.2 Å². The average molecular weight is 261 g/mol. The molecule has 1 aromatic rings. The van der Waals surface area contributed by atoms with Crippen molar-refractivity contribution < 1.29 is 9.53 Å². The van der Waals surface area contributed by atoms with Gasteiger partial charge in [-0.2, -0.15) is 0 Å². The van der Waals surface area contributed by atoms with Crippen molar-refractivity contribution in [1.29, 1.82) is 0 Å². The number of methoxy groups -OCH3 is 1. The van der Waals surface area contributed by atoms with Crippen LogP contribution in [0.15, 0.2) is 18.2 Å². The molecule has 0 atom stereocenters. The highest BCUT2D eigenvalue weighted by atomic mass is 28.3. The van der Waals surface area contributed by atoms with E-state index in [4.69, 9.17) is 4.74 Å². The summed E-state index contributed by atoms with van der Waals surface area (Å²) in [4.78, 5) is 11.1. The molecule has 0 bridgehead atoms. The maximum atomic E-state index is 11.1. The maximum absolute atomic E-state index is 11.1. The first kappa shape index (κ1) is 14.3.